The van der Waals surface area contributed by atoms with Crippen LogP contribution in [0, 0.1) is 0 Å². The molecule has 1 aliphatic rings. The monoisotopic (exact) mass is 415 g/mol. The third kappa shape index (κ3) is 3.55. The van der Waals surface area contributed by atoms with Gasteiger partial charge < -0.3 is 10.2 Å². The van der Waals surface area contributed by atoms with Crippen LogP contribution in [0.3, 0.4) is 0 Å². The molecule has 6 heteroatoms. The van der Waals surface area contributed by atoms with Crippen molar-refractivity contribution < 1.29 is 9.59 Å². The number of fused-ring (bicyclic) bond motifs is 2. The van der Waals surface area contributed by atoms with Crippen molar-refractivity contribution in [3.8, 4) is 0 Å². The van der Waals surface area contributed by atoms with E-state index in [2.05, 4.69) is 11.4 Å². The van der Waals surface area contributed by atoms with Crippen LogP contribution in [-0.2, 0) is 4.79 Å². The Morgan fingerprint density at radius 3 is 2.70 bits per heavy atom. The number of rotatable bonds is 4. The zero-order valence-corrected chi connectivity index (χ0v) is 17.2. The second-order valence-electron chi connectivity index (χ2n) is 7.51. The van der Waals surface area contributed by atoms with Gasteiger partial charge in [-0.3, -0.25) is 9.59 Å². The fraction of sp³-hybridized carbons (Fsp3) is 0.208. The maximum atomic E-state index is 12.9. The summed E-state index contributed by atoms with van der Waals surface area (Å²) in [4.78, 5) is 32.1. The number of thiazole rings is 1. The molecule has 5 rings (SSSR count). The lowest BCUT2D eigenvalue weighted by atomic mass is 10.1. The van der Waals surface area contributed by atoms with Crippen molar-refractivity contribution in [2.75, 3.05) is 13.1 Å². The number of carbonyl (C=O) groups is 2. The van der Waals surface area contributed by atoms with E-state index in [9.17, 15) is 9.59 Å². The molecule has 2 heterocycles. The fourth-order valence-corrected chi connectivity index (χ4v) is 5.16. The summed E-state index contributed by atoms with van der Waals surface area (Å²) in [6.45, 7) is 0.693. The third-order valence-corrected chi connectivity index (χ3v) is 6.72. The zero-order chi connectivity index (χ0) is 20.5. The van der Waals surface area contributed by atoms with E-state index in [4.69, 9.17) is 4.98 Å². The summed E-state index contributed by atoms with van der Waals surface area (Å²) in [6, 6.07) is 21.5. The van der Waals surface area contributed by atoms with Crippen molar-refractivity contribution in [3.05, 3.63) is 77.3 Å². The molecule has 4 aromatic rings. The lowest BCUT2D eigenvalue weighted by Crippen LogP contribution is -2.39. The van der Waals surface area contributed by atoms with Gasteiger partial charge in [-0.25, -0.2) is 4.98 Å². The third-order valence-electron chi connectivity index (χ3n) is 5.58. The summed E-state index contributed by atoms with van der Waals surface area (Å²) in [5.41, 5.74) is 1.53. The highest BCUT2D eigenvalue weighted by molar-refractivity contribution is 7.18. The minimum Gasteiger partial charge on any atom is -0.343 e. The van der Waals surface area contributed by atoms with E-state index in [1.165, 1.54) is 0 Å². The second-order valence-corrected chi connectivity index (χ2v) is 8.57. The standard InChI is InChI=1S/C24H21N3O2S/c28-22(15-25-23(29)18-12-11-16-6-1-2-7-17(16)14-18)27-13-5-9-20(27)24-26-19-8-3-4-10-21(19)30-24/h1-4,6-8,10-12,14,20H,5,9,13,15H2,(H,25,29). The Morgan fingerprint density at radius 1 is 1.03 bits per heavy atom. The number of hydrogen-bond donors (Lipinski definition) is 1. The first-order valence-electron chi connectivity index (χ1n) is 10.1. The van der Waals surface area contributed by atoms with E-state index in [0.29, 0.717) is 12.1 Å². The van der Waals surface area contributed by atoms with Gasteiger partial charge in [0.1, 0.15) is 5.01 Å². The first-order chi connectivity index (χ1) is 14.7. The SMILES string of the molecule is O=C(NCC(=O)N1CCCC1c1nc2ccccc2s1)c1ccc2ccccc2c1. The molecule has 0 radical (unpaired) electrons. The van der Waals surface area contributed by atoms with Crippen LogP contribution in [0.15, 0.2) is 66.7 Å². The molecular weight excluding hydrogens is 394 g/mol. The predicted molar refractivity (Wildman–Crippen MR) is 120 cm³/mol. The zero-order valence-electron chi connectivity index (χ0n) is 16.4. The minimum absolute atomic E-state index is 0.00689. The number of carbonyl (C=O) groups excluding carboxylic acids is 2. The quantitative estimate of drug-likeness (QED) is 0.532. The summed E-state index contributed by atoms with van der Waals surface area (Å²) in [5.74, 6) is -0.296. The van der Waals surface area contributed by atoms with Gasteiger partial charge in [-0.05, 0) is 47.9 Å². The van der Waals surface area contributed by atoms with Crippen LogP contribution in [0.4, 0.5) is 0 Å². The molecule has 1 atom stereocenters. The van der Waals surface area contributed by atoms with Gasteiger partial charge in [-0.15, -0.1) is 11.3 Å². The molecule has 1 fully saturated rings. The molecule has 1 unspecified atom stereocenters. The van der Waals surface area contributed by atoms with Gasteiger partial charge in [0.15, 0.2) is 0 Å². The topological polar surface area (TPSA) is 62.3 Å². The van der Waals surface area contributed by atoms with Crippen molar-refractivity contribution in [1.82, 2.24) is 15.2 Å². The highest BCUT2D eigenvalue weighted by Gasteiger charge is 2.32. The van der Waals surface area contributed by atoms with Gasteiger partial charge >= 0.3 is 0 Å². The normalized spacial score (nSPS) is 16.3. The van der Waals surface area contributed by atoms with Crippen molar-refractivity contribution in [2.24, 2.45) is 0 Å². The Bertz CT molecular complexity index is 1220. The lowest BCUT2D eigenvalue weighted by Gasteiger charge is -2.23. The molecule has 5 nitrogen and oxygen atoms in total. The van der Waals surface area contributed by atoms with E-state index in [-0.39, 0.29) is 24.4 Å². The van der Waals surface area contributed by atoms with Crippen LogP contribution in [-0.4, -0.2) is 34.8 Å². The Hall–Kier alpha value is -3.25. The number of hydrogen-bond acceptors (Lipinski definition) is 4. The van der Waals surface area contributed by atoms with Gasteiger partial charge in [0.25, 0.3) is 5.91 Å². The minimum atomic E-state index is -0.232. The molecule has 2 amide bonds. The van der Waals surface area contributed by atoms with Gasteiger partial charge in [0.2, 0.25) is 5.91 Å². The molecule has 0 bridgehead atoms. The van der Waals surface area contributed by atoms with E-state index >= 15 is 0 Å². The van der Waals surface area contributed by atoms with Crippen molar-refractivity contribution >= 4 is 44.1 Å². The average Bonchev–Trinajstić information content (AvgIpc) is 3.43. The summed E-state index contributed by atoms with van der Waals surface area (Å²) in [7, 11) is 0. The fourth-order valence-electron chi connectivity index (χ4n) is 4.04. The predicted octanol–water partition coefficient (Wildman–Crippen LogP) is 4.54. The summed E-state index contributed by atoms with van der Waals surface area (Å²) in [6.07, 6.45) is 1.86. The molecule has 0 spiro atoms. The van der Waals surface area contributed by atoms with E-state index < -0.39 is 0 Å². The van der Waals surface area contributed by atoms with Crippen LogP contribution in [0.5, 0.6) is 0 Å². The number of nitrogens with zero attached hydrogens (tertiary/aromatic N) is 2. The highest BCUT2D eigenvalue weighted by atomic mass is 32.1. The molecule has 1 aromatic heterocycles. The van der Waals surface area contributed by atoms with Crippen LogP contribution >= 0.6 is 11.3 Å². The number of benzene rings is 3. The number of aromatic nitrogens is 1. The smallest absolute Gasteiger partial charge is 0.251 e. The number of nitrogens with one attached hydrogen (secondary N) is 1. The van der Waals surface area contributed by atoms with Crippen LogP contribution in [0.25, 0.3) is 21.0 Å². The Labute approximate surface area is 178 Å². The van der Waals surface area contributed by atoms with Gasteiger partial charge in [0.05, 0.1) is 22.8 Å². The van der Waals surface area contributed by atoms with E-state index in [1.54, 1.807) is 17.4 Å². The summed E-state index contributed by atoms with van der Waals surface area (Å²) in [5, 5.41) is 5.86. The molecular formula is C24H21N3O2S. The lowest BCUT2D eigenvalue weighted by molar-refractivity contribution is -0.131. The number of amides is 2. The number of likely N-dealkylation sites (tertiary alicyclic amines) is 1. The molecule has 150 valence electrons. The largest absolute Gasteiger partial charge is 0.343 e. The Kier molecular flexibility index (Phi) is 4.93. The summed E-state index contributed by atoms with van der Waals surface area (Å²) >= 11 is 1.65. The first kappa shape index (κ1) is 18.8. The molecule has 0 aliphatic carbocycles. The van der Waals surface area contributed by atoms with Crippen molar-refractivity contribution in [2.45, 2.75) is 18.9 Å². The van der Waals surface area contributed by atoms with Crippen molar-refractivity contribution in [3.63, 3.8) is 0 Å². The van der Waals surface area contributed by atoms with Crippen LogP contribution in [0.2, 0.25) is 0 Å². The molecule has 1 aliphatic heterocycles. The molecule has 1 N–H and O–H groups in total. The van der Waals surface area contributed by atoms with Gasteiger partial charge in [-0.2, -0.15) is 0 Å². The van der Waals surface area contributed by atoms with Crippen LogP contribution < -0.4 is 5.32 Å². The van der Waals surface area contributed by atoms with Gasteiger partial charge in [-0.1, -0.05) is 42.5 Å². The Balaban J connectivity index is 1.27. The van der Waals surface area contributed by atoms with E-state index in [0.717, 1.165) is 38.8 Å². The maximum Gasteiger partial charge on any atom is 0.251 e. The molecule has 1 saturated heterocycles. The van der Waals surface area contributed by atoms with Crippen molar-refractivity contribution in [1.29, 1.82) is 0 Å². The maximum absolute atomic E-state index is 12.9. The van der Waals surface area contributed by atoms with E-state index in [1.807, 2.05) is 59.5 Å². The second kappa shape index (κ2) is 7.88. The molecule has 0 saturated carbocycles. The first-order valence-corrected chi connectivity index (χ1v) is 10.9. The highest BCUT2D eigenvalue weighted by Crippen LogP contribution is 2.36. The summed E-state index contributed by atoms with van der Waals surface area (Å²) < 4.78 is 1.14. The molecule has 3 aromatic carbocycles. The van der Waals surface area contributed by atoms with Crippen LogP contribution in [0.1, 0.15) is 34.2 Å². The number of para-hydroxylation sites is 1. The Morgan fingerprint density at radius 2 is 1.83 bits per heavy atom. The average molecular weight is 416 g/mol. The molecule has 30 heavy (non-hydrogen) atoms. The van der Waals surface area contributed by atoms with Gasteiger partial charge in [0, 0.05) is 12.1 Å².